The number of hydrogen-bond acceptors (Lipinski definition) is 4. The Bertz CT molecular complexity index is 1120. The number of nitrogens with zero attached hydrogens (tertiary/aromatic N) is 2. The van der Waals surface area contributed by atoms with Gasteiger partial charge in [0.2, 0.25) is 5.91 Å². The fraction of sp³-hybridized carbons (Fsp3) is 0.227. The molecule has 1 aliphatic heterocycles. The maximum absolute atomic E-state index is 14.5. The summed E-state index contributed by atoms with van der Waals surface area (Å²) in [5, 5.41) is 3.40. The lowest BCUT2D eigenvalue weighted by Gasteiger charge is -2.20. The number of rotatable bonds is 5. The molecule has 1 heterocycles. The first-order valence-electron chi connectivity index (χ1n) is 9.65. The average molecular weight is 478 g/mol. The molecule has 0 radical (unpaired) electrons. The SMILES string of the molecule is CC(SC1=N/C(=C\c2ccc(Cl)c(Cl)c2)C(=O)N1c1ccccc1F)C(=O)NC1CC1. The Morgan fingerprint density at radius 1 is 1.26 bits per heavy atom. The lowest BCUT2D eigenvalue weighted by Crippen LogP contribution is -2.36. The largest absolute Gasteiger partial charge is 0.352 e. The highest BCUT2D eigenvalue weighted by Crippen LogP contribution is 2.33. The number of halogens is 3. The maximum atomic E-state index is 14.5. The molecule has 0 bridgehead atoms. The van der Waals surface area contributed by atoms with E-state index < -0.39 is 17.0 Å². The van der Waals surface area contributed by atoms with E-state index in [1.165, 1.54) is 17.0 Å². The summed E-state index contributed by atoms with van der Waals surface area (Å²) < 4.78 is 14.5. The van der Waals surface area contributed by atoms with E-state index in [0.717, 1.165) is 24.6 Å². The van der Waals surface area contributed by atoms with Gasteiger partial charge in [-0.25, -0.2) is 9.38 Å². The van der Waals surface area contributed by atoms with Crippen LogP contribution in [-0.4, -0.2) is 28.3 Å². The highest BCUT2D eigenvalue weighted by molar-refractivity contribution is 8.15. The van der Waals surface area contributed by atoms with E-state index in [2.05, 4.69) is 10.3 Å². The quantitative estimate of drug-likeness (QED) is 0.596. The number of anilines is 1. The third-order valence-corrected chi connectivity index (χ3v) is 6.54. The van der Waals surface area contributed by atoms with Gasteiger partial charge in [-0.3, -0.25) is 14.5 Å². The van der Waals surface area contributed by atoms with Gasteiger partial charge >= 0.3 is 0 Å². The molecule has 31 heavy (non-hydrogen) atoms. The lowest BCUT2D eigenvalue weighted by atomic mass is 10.2. The number of para-hydroxylation sites is 1. The summed E-state index contributed by atoms with van der Waals surface area (Å²) >= 11 is 13.1. The third kappa shape index (κ3) is 4.95. The number of nitrogens with one attached hydrogen (secondary N) is 1. The van der Waals surface area contributed by atoms with Gasteiger partial charge in [0.1, 0.15) is 11.5 Å². The van der Waals surface area contributed by atoms with Crippen LogP contribution < -0.4 is 10.2 Å². The molecule has 1 aliphatic carbocycles. The summed E-state index contributed by atoms with van der Waals surface area (Å²) in [7, 11) is 0. The van der Waals surface area contributed by atoms with Crippen LogP contribution >= 0.6 is 35.0 Å². The van der Waals surface area contributed by atoms with Crippen molar-refractivity contribution in [1.29, 1.82) is 0 Å². The van der Waals surface area contributed by atoms with Gasteiger partial charge in [0.05, 0.1) is 21.0 Å². The van der Waals surface area contributed by atoms with Crippen molar-refractivity contribution in [3.05, 3.63) is 69.6 Å². The molecule has 1 fully saturated rings. The summed E-state index contributed by atoms with van der Waals surface area (Å²) in [5.41, 5.74) is 0.811. The van der Waals surface area contributed by atoms with Crippen LogP contribution in [0.15, 0.2) is 53.2 Å². The van der Waals surface area contributed by atoms with Gasteiger partial charge in [0, 0.05) is 6.04 Å². The standard InChI is InChI=1S/C22H18Cl2FN3O2S/c1-12(20(29)26-14-7-8-14)31-22-27-18(11-13-6-9-15(23)16(24)10-13)21(30)28(22)19-5-3-2-4-17(19)25/h2-6,9-12,14H,7-8H2,1H3,(H,26,29)/b18-11-. The third-order valence-electron chi connectivity index (χ3n) is 4.75. The van der Waals surface area contributed by atoms with Crippen molar-refractivity contribution in [1.82, 2.24) is 5.32 Å². The van der Waals surface area contributed by atoms with E-state index in [0.29, 0.717) is 15.6 Å². The Labute approximate surface area is 193 Å². The number of amides is 2. The summed E-state index contributed by atoms with van der Waals surface area (Å²) in [5.74, 6) is -1.19. The van der Waals surface area contributed by atoms with Crippen molar-refractivity contribution in [3.8, 4) is 0 Å². The fourth-order valence-electron chi connectivity index (χ4n) is 2.94. The minimum absolute atomic E-state index is 0.0751. The summed E-state index contributed by atoms with van der Waals surface area (Å²) in [6.45, 7) is 1.73. The van der Waals surface area contributed by atoms with Crippen molar-refractivity contribution >= 4 is 63.7 Å². The molecule has 1 unspecified atom stereocenters. The Balaban J connectivity index is 1.67. The van der Waals surface area contributed by atoms with Crippen molar-refractivity contribution in [3.63, 3.8) is 0 Å². The van der Waals surface area contributed by atoms with E-state index in [9.17, 15) is 14.0 Å². The van der Waals surface area contributed by atoms with Gasteiger partial charge in [-0.2, -0.15) is 0 Å². The molecule has 2 amide bonds. The summed E-state index contributed by atoms with van der Waals surface area (Å²) in [6, 6.07) is 11.1. The van der Waals surface area contributed by atoms with E-state index in [-0.39, 0.29) is 28.5 Å². The molecule has 4 rings (SSSR count). The van der Waals surface area contributed by atoms with Gasteiger partial charge in [-0.05, 0) is 55.7 Å². The fourth-order valence-corrected chi connectivity index (χ4v) is 4.17. The smallest absolute Gasteiger partial charge is 0.283 e. The predicted molar refractivity (Wildman–Crippen MR) is 124 cm³/mol. The van der Waals surface area contributed by atoms with Crippen LogP contribution in [-0.2, 0) is 9.59 Å². The number of benzene rings is 2. The number of amidine groups is 1. The van der Waals surface area contributed by atoms with Crippen LogP contribution in [0.1, 0.15) is 25.3 Å². The van der Waals surface area contributed by atoms with Gasteiger partial charge < -0.3 is 5.32 Å². The van der Waals surface area contributed by atoms with E-state index in [4.69, 9.17) is 23.2 Å². The number of aliphatic imine (C=N–C) groups is 1. The molecule has 1 atom stereocenters. The van der Waals surface area contributed by atoms with Crippen molar-refractivity contribution < 1.29 is 14.0 Å². The minimum atomic E-state index is -0.560. The molecule has 9 heteroatoms. The molecular weight excluding hydrogens is 460 g/mol. The van der Waals surface area contributed by atoms with Crippen LogP contribution in [0.4, 0.5) is 10.1 Å². The molecule has 1 N–H and O–H groups in total. The molecular formula is C22H18Cl2FN3O2S. The van der Waals surface area contributed by atoms with Crippen LogP contribution in [0.2, 0.25) is 10.0 Å². The molecule has 1 saturated carbocycles. The highest BCUT2D eigenvalue weighted by atomic mass is 35.5. The molecule has 160 valence electrons. The molecule has 2 aromatic carbocycles. The Kier molecular flexibility index (Phi) is 6.36. The monoisotopic (exact) mass is 477 g/mol. The van der Waals surface area contributed by atoms with Gasteiger partial charge in [0.15, 0.2) is 5.17 Å². The van der Waals surface area contributed by atoms with Gasteiger partial charge in [-0.1, -0.05) is 53.2 Å². The number of hydrogen-bond donors (Lipinski definition) is 1. The zero-order valence-corrected chi connectivity index (χ0v) is 18.8. The molecule has 2 aromatic rings. The van der Waals surface area contributed by atoms with Crippen molar-refractivity contribution in [2.45, 2.75) is 31.1 Å². The van der Waals surface area contributed by atoms with Crippen LogP contribution in [0.25, 0.3) is 6.08 Å². The highest BCUT2D eigenvalue weighted by Gasteiger charge is 2.36. The van der Waals surface area contributed by atoms with E-state index in [1.54, 1.807) is 43.3 Å². The first-order valence-corrected chi connectivity index (χ1v) is 11.3. The van der Waals surface area contributed by atoms with E-state index in [1.807, 2.05) is 0 Å². The first kappa shape index (κ1) is 21.9. The minimum Gasteiger partial charge on any atom is -0.352 e. The van der Waals surface area contributed by atoms with Gasteiger partial charge in [0.25, 0.3) is 5.91 Å². The Hall–Kier alpha value is -2.35. The summed E-state index contributed by atoms with van der Waals surface area (Å²) in [4.78, 5) is 31.2. The topological polar surface area (TPSA) is 61.8 Å². The van der Waals surface area contributed by atoms with Crippen LogP contribution in [0.3, 0.4) is 0 Å². The second kappa shape index (κ2) is 9.02. The zero-order chi connectivity index (χ0) is 22.1. The predicted octanol–water partition coefficient (Wildman–Crippen LogP) is 5.28. The lowest BCUT2D eigenvalue weighted by molar-refractivity contribution is -0.120. The average Bonchev–Trinajstić information content (AvgIpc) is 3.50. The Morgan fingerprint density at radius 3 is 2.68 bits per heavy atom. The number of carbonyl (C=O) groups is 2. The normalized spacial score (nSPS) is 18.3. The Morgan fingerprint density at radius 2 is 2.00 bits per heavy atom. The first-order chi connectivity index (χ1) is 14.8. The van der Waals surface area contributed by atoms with Gasteiger partial charge in [-0.15, -0.1) is 0 Å². The maximum Gasteiger partial charge on any atom is 0.283 e. The number of carbonyl (C=O) groups excluding carboxylic acids is 2. The van der Waals surface area contributed by atoms with Crippen LogP contribution in [0, 0.1) is 5.82 Å². The van der Waals surface area contributed by atoms with Crippen molar-refractivity contribution in [2.24, 2.45) is 4.99 Å². The van der Waals surface area contributed by atoms with Crippen LogP contribution in [0.5, 0.6) is 0 Å². The zero-order valence-electron chi connectivity index (χ0n) is 16.4. The number of thioether (sulfide) groups is 1. The second-order valence-corrected chi connectivity index (χ2v) is 9.35. The molecule has 2 aliphatic rings. The summed E-state index contributed by atoms with van der Waals surface area (Å²) in [6.07, 6.45) is 3.50. The molecule has 5 nitrogen and oxygen atoms in total. The second-order valence-electron chi connectivity index (χ2n) is 7.23. The molecule has 0 spiro atoms. The molecule has 0 aromatic heterocycles. The van der Waals surface area contributed by atoms with E-state index >= 15 is 0 Å². The van der Waals surface area contributed by atoms with Crippen molar-refractivity contribution in [2.75, 3.05) is 4.90 Å². The molecule has 0 saturated heterocycles.